The first-order valence-corrected chi connectivity index (χ1v) is 43.7. The van der Waals surface area contributed by atoms with Gasteiger partial charge in [0.1, 0.15) is 141 Å². The molecule has 1 aliphatic rings. The molecule has 0 spiro atoms. The fourth-order valence-corrected chi connectivity index (χ4v) is 13.7. The van der Waals surface area contributed by atoms with Crippen molar-refractivity contribution in [1.29, 1.82) is 0 Å². The van der Waals surface area contributed by atoms with Crippen molar-refractivity contribution in [3.63, 3.8) is 0 Å². The van der Waals surface area contributed by atoms with Crippen molar-refractivity contribution in [1.82, 2.24) is 0 Å². The van der Waals surface area contributed by atoms with E-state index in [0.29, 0.717) is 37.5 Å². The van der Waals surface area contributed by atoms with Crippen molar-refractivity contribution in [3.8, 4) is 46.0 Å². The molecule has 8 aromatic carbocycles. The maximum atomic E-state index is 13.1. The van der Waals surface area contributed by atoms with Gasteiger partial charge in [0.05, 0.1) is 43.1 Å². The molecule has 1 fully saturated rings. The molecule has 32 nitrogen and oxygen atoms in total. The number of Topliss-reactive ketones (excluding diaryl/α,β-unsaturated/α-hetero) is 8. The second-order valence-electron chi connectivity index (χ2n) is 33.6. The molecule has 0 amide bonds. The van der Waals surface area contributed by atoms with E-state index < -0.39 is 136 Å². The predicted octanol–water partition coefficient (Wildman–Crippen LogP) is 16.8. The molecule has 0 radical (unpaired) electrons. The summed E-state index contributed by atoms with van der Waals surface area (Å²) in [5.74, 6) is -9.36. The average Bonchev–Trinajstić information content (AvgIpc) is 1.71. The first-order valence-electron chi connectivity index (χ1n) is 42.4. The molecule has 0 bridgehead atoms. The molecule has 140 heavy (non-hydrogen) atoms. The van der Waals surface area contributed by atoms with Crippen molar-refractivity contribution in [2.45, 2.75) is 108 Å². The molecule has 720 valence electrons. The average molecular weight is 1990 g/mol. The molecule has 1 saturated carbocycles. The molecule has 16 aromatic rings. The minimum atomic E-state index is -1.43. The fourth-order valence-electron chi connectivity index (χ4n) is 13.3. The number of fused-ring (bicyclic) bond motifs is 8. The van der Waals surface area contributed by atoms with Gasteiger partial charge in [-0.05, 0) is 122 Å². The molecule has 8 heterocycles. The number of aromatic hydroxyl groups is 8. The van der Waals surface area contributed by atoms with Crippen molar-refractivity contribution in [2.24, 2.45) is 40.9 Å². The van der Waals surface area contributed by atoms with E-state index >= 15 is 0 Å². The number of para-hydroxylation sites is 6. The first-order chi connectivity index (χ1) is 65.4. The second-order valence-corrected chi connectivity index (χ2v) is 35.2. The van der Waals surface area contributed by atoms with E-state index in [0.717, 1.165) is 25.0 Å². The molecule has 17 rings (SSSR count). The zero-order chi connectivity index (χ0) is 103. The Bertz CT molecular complexity index is 7340. The van der Waals surface area contributed by atoms with E-state index in [-0.39, 0.29) is 182 Å². The molecule has 0 unspecified atom stereocenters. The van der Waals surface area contributed by atoms with Gasteiger partial charge in [-0.1, -0.05) is 198 Å². The Balaban J connectivity index is 0.000000179. The van der Waals surface area contributed by atoms with Gasteiger partial charge in [0.15, 0.2) is 45.3 Å². The number of carbonyl (C=O) groups excluding carboxylic acids is 8. The van der Waals surface area contributed by atoms with Crippen molar-refractivity contribution in [2.75, 3.05) is 0 Å². The van der Waals surface area contributed by atoms with Gasteiger partial charge in [0.2, 0.25) is 5.78 Å². The van der Waals surface area contributed by atoms with E-state index in [1.165, 1.54) is 36.4 Å². The van der Waals surface area contributed by atoms with E-state index in [9.17, 15) is 122 Å². The summed E-state index contributed by atoms with van der Waals surface area (Å²) >= 11 is 16.6. The van der Waals surface area contributed by atoms with Crippen LogP contribution in [0.15, 0.2) is 256 Å². The molecule has 8 aromatic heterocycles. The molecular weight excluding hydrogens is 1900 g/mol. The summed E-state index contributed by atoms with van der Waals surface area (Å²) in [6.07, 6.45) is 1.56. The van der Waals surface area contributed by atoms with Gasteiger partial charge in [-0.15, -0.1) is 0 Å². The third-order valence-electron chi connectivity index (χ3n) is 20.8. The molecular formula is C103H88Cl3FNaO32+. The Labute approximate surface area is 826 Å². The van der Waals surface area contributed by atoms with Crippen LogP contribution in [0.3, 0.4) is 0 Å². The smallest absolute Gasteiger partial charge is 0.506 e. The maximum Gasteiger partial charge on any atom is 1.00 e. The number of hydrogen-bond acceptors (Lipinski definition) is 32. The Kier molecular flexibility index (Phi) is 35.7. The first kappa shape index (κ1) is 109. The van der Waals surface area contributed by atoms with E-state index in [4.69, 9.17) is 70.1 Å². The molecule has 0 atom stereocenters. The van der Waals surface area contributed by atoms with Crippen molar-refractivity contribution in [3.05, 3.63) is 321 Å². The molecule has 37 heteroatoms. The summed E-state index contributed by atoms with van der Waals surface area (Å²) in [5, 5.41) is 82.6. The molecule has 8 N–H and O–H groups in total. The van der Waals surface area contributed by atoms with Crippen LogP contribution in [0.1, 0.15) is 186 Å². The van der Waals surface area contributed by atoms with Gasteiger partial charge in [0.25, 0.3) is 0 Å². The van der Waals surface area contributed by atoms with Gasteiger partial charge in [0, 0.05) is 45.9 Å². The Morgan fingerprint density at radius 2 is 0.493 bits per heavy atom. The largest absolute Gasteiger partial charge is 1.00 e. The number of halogens is 4. The van der Waals surface area contributed by atoms with Crippen LogP contribution in [0, 0.1) is 46.7 Å². The van der Waals surface area contributed by atoms with Crippen LogP contribution < -0.4 is 74.6 Å². The molecule has 1 aliphatic carbocycles. The topological polar surface area (TPSA) is 540 Å². The predicted molar refractivity (Wildman–Crippen MR) is 515 cm³/mol. The molecule has 0 saturated heterocycles. The van der Waals surface area contributed by atoms with Crippen LogP contribution in [0.5, 0.6) is 46.0 Å². The number of alkyl halides is 2. The van der Waals surface area contributed by atoms with Crippen LogP contribution in [0.2, 0.25) is 5.02 Å². The number of hydrogen-bond donors (Lipinski definition) is 8. The van der Waals surface area contributed by atoms with Crippen LogP contribution in [0.25, 0.3) is 87.8 Å². The summed E-state index contributed by atoms with van der Waals surface area (Å²) in [6, 6.07) is 47.0. The quantitative estimate of drug-likeness (QED) is 0.0204. The van der Waals surface area contributed by atoms with Crippen LogP contribution in [0.4, 0.5) is 4.39 Å². The summed E-state index contributed by atoms with van der Waals surface area (Å²) < 4.78 is 53.0. The number of carbonyl (C=O) groups is 8. The zero-order valence-corrected chi connectivity index (χ0v) is 81.4. The van der Waals surface area contributed by atoms with Gasteiger partial charge in [-0.25, -0.2) is 42.7 Å². The maximum absolute atomic E-state index is 13.1. The Morgan fingerprint density at radius 1 is 0.293 bits per heavy atom. The SMILES string of the molecule is CC(C)(C)C(=O)c1c(O)c2ccccc2oc1=O.CC(C)C(=O)c1c(O)c2cc(Cl)ccc2oc1=O.CC(C)C(=O)c1c(O)c2cc(F)ccc2oc1=O.CC(C)C(=O)c1c(O)c2ccccc2oc1=O.CC(C)C(=O)c1c(O)c2ccccc2oc1=O.CC(C)C(=O)c1c(O)c2ccccc2oc1=O.O=C(c1c(O)c2ccccc2oc1=O)C(Cl)Cl.O=C(c1c(O)c2ccccc2oc1=O)C1CC1.[Na+]. The monoisotopic (exact) mass is 1980 g/mol. The third kappa shape index (κ3) is 24.4. The van der Waals surface area contributed by atoms with E-state index in [1.807, 2.05) is 0 Å². The number of ketones is 8. The van der Waals surface area contributed by atoms with Gasteiger partial charge in [-0.3, -0.25) is 38.4 Å². The normalized spacial score (nSPS) is 11.5. The van der Waals surface area contributed by atoms with Crippen molar-refractivity contribution >= 4 is 169 Å². The Morgan fingerprint density at radius 3 is 0.736 bits per heavy atom. The zero-order valence-electron chi connectivity index (χ0n) is 77.2. The van der Waals surface area contributed by atoms with E-state index in [1.54, 1.807) is 223 Å². The number of rotatable bonds is 15. The summed E-state index contributed by atoms with van der Waals surface area (Å²) in [6.45, 7) is 21.5. The summed E-state index contributed by atoms with van der Waals surface area (Å²) in [7, 11) is 0. The second kappa shape index (κ2) is 46.0. The van der Waals surface area contributed by atoms with Crippen LogP contribution in [-0.4, -0.2) is 92.0 Å². The van der Waals surface area contributed by atoms with Gasteiger partial charge >= 0.3 is 74.6 Å². The van der Waals surface area contributed by atoms with Gasteiger partial charge < -0.3 is 76.2 Å². The Hall–Kier alpha value is -15.0. The minimum absolute atomic E-state index is 0. The minimum Gasteiger partial charge on any atom is -0.506 e. The summed E-state index contributed by atoms with van der Waals surface area (Å²) in [4.78, 5) is 187. The molecule has 0 aliphatic heterocycles. The van der Waals surface area contributed by atoms with Crippen molar-refractivity contribution < 1.29 is 148 Å². The third-order valence-corrected chi connectivity index (χ3v) is 21.4. The van der Waals surface area contributed by atoms with Crippen LogP contribution in [-0.2, 0) is 0 Å². The standard InChI is InChI=1S/C14H14O4.C13H11ClO4.C13H11FO4.C13H10O4.3C13H12O4.C11H6Cl2O4.Na/c1-14(2,3)12(16)10-11(15)8-6-4-5-7-9(8)18-13(10)17;2*1-6(2)11(15)10-12(16)8-5-7(14)3-4-9(8)18-13(10)17;14-11(7-5-6-7)10-12(15)8-3-1-2-4-9(8)17-13(10)16;3*1-7(2)11(14)10-12(15)8-5-3-4-6-9(8)17-13(10)16;12-10(13)9(15)7-8(14)5-3-1-2-4-6(5)17-11(7)16;/h4-7,15H,1-3H3;2*3-6,16H,1-2H3;1-4,7,15H,5-6H2;3*3-7,15H,1-2H3;1-4,10,14H;/q;;;;;;;;+1. The fraction of sp³-hybridized carbons (Fsp3) is 0.223. The summed E-state index contributed by atoms with van der Waals surface area (Å²) in [5.41, 5.74) is -8.13. The van der Waals surface area contributed by atoms with Gasteiger partial charge in [-0.2, -0.15) is 0 Å². The van der Waals surface area contributed by atoms with E-state index in [2.05, 4.69) is 0 Å². The number of benzene rings is 8. The van der Waals surface area contributed by atoms with Crippen LogP contribution >= 0.6 is 34.8 Å².